The average molecular weight is 739 g/mol. The number of para-hydroxylation sites is 2. The molecule has 0 N–H and O–H groups in total. The molecule has 0 aliphatic carbocycles. The Kier molecular flexibility index (Phi) is 11.9. The molecule has 0 unspecified atom stereocenters. The van der Waals surface area contributed by atoms with Crippen molar-refractivity contribution in [3.63, 3.8) is 0 Å². The molecule has 0 spiro atoms. The van der Waals surface area contributed by atoms with E-state index in [2.05, 4.69) is 186 Å². The molecule has 0 radical (unpaired) electrons. The molecule has 0 aliphatic rings. The van der Waals surface area contributed by atoms with Crippen molar-refractivity contribution in [3.8, 4) is 34.2 Å². The van der Waals surface area contributed by atoms with Crippen molar-refractivity contribution in [2.75, 3.05) is 0 Å². The SMILES string of the molecule is CC(C)c1cccc(C(C)C)c1-n1ccnc1-c1cccc(CCc2ccc(CCc3cccc(-c4nccn4-c4c(C(C)C)cccc4C(C)C)c3)cc2)c1. The maximum Gasteiger partial charge on any atom is 0.144 e. The smallest absolute Gasteiger partial charge is 0.144 e. The fourth-order valence-corrected chi connectivity index (χ4v) is 8.16. The monoisotopic (exact) mass is 738 g/mol. The summed E-state index contributed by atoms with van der Waals surface area (Å²) in [6.07, 6.45) is 12.1. The number of hydrogen-bond donors (Lipinski definition) is 0. The van der Waals surface area contributed by atoms with E-state index >= 15 is 0 Å². The van der Waals surface area contributed by atoms with E-state index in [1.165, 1.54) is 55.9 Å². The van der Waals surface area contributed by atoms with Crippen LogP contribution in [0.25, 0.3) is 34.2 Å². The summed E-state index contributed by atoms with van der Waals surface area (Å²) >= 11 is 0. The van der Waals surface area contributed by atoms with Crippen molar-refractivity contribution in [1.82, 2.24) is 19.1 Å². The van der Waals surface area contributed by atoms with Crippen LogP contribution in [0.5, 0.6) is 0 Å². The van der Waals surface area contributed by atoms with Crippen molar-refractivity contribution in [2.24, 2.45) is 0 Å². The molecule has 2 aromatic heterocycles. The van der Waals surface area contributed by atoms with Gasteiger partial charge in [-0.05, 0) is 106 Å². The summed E-state index contributed by atoms with van der Waals surface area (Å²) in [5.74, 6) is 3.67. The highest BCUT2D eigenvalue weighted by Crippen LogP contribution is 2.36. The lowest BCUT2D eigenvalue weighted by Crippen LogP contribution is -2.08. The molecule has 0 bridgehead atoms. The summed E-state index contributed by atoms with van der Waals surface area (Å²) in [5.41, 5.74) is 15.7. The number of aromatic nitrogens is 4. The second kappa shape index (κ2) is 17.1. The number of hydrogen-bond acceptors (Lipinski definition) is 2. The van der Waals surface area contributed by atoms with Crippen LogP contribution in [-0.2, 0) is 25.7 Å². The van der Waals surface area contributed by atoms with Gasteiger partial charge in [0.1, 0.15) is 11.6 Å². The topological polar surface area (TPSA) is 35.6 Å². The van der Waals surface area contributed by atoms with Gasteiger partial charge in [0.25, 0.3) is 0 Å². The summed E-state index contributed by atoms with van der Waals surface area (Å²) in [7, 11) is 0. The third-order valence-electron chi connectivity index (χ3n) is 11.2. The van der Waals surface area contributed by atoms with Crippen LogP contribution in [0.4, 0.5) is 0 Å². The van der Waals surface area contributed by atoms with Gasteiger partial charge in [-0.1, -0.05) is 152 Å². The quantitative estimate of drug-likeness (QED) is 0.111. The van der Waals surface area contributed by atoms with Crippen LogP contribution in [0, 0.1) is 0 Å². The second-order valence-corrected chi connectivity index (χ2v) is 16.6. The van der Waals surface area contributed by atoms with Crippen LogP contribution in [0.15, 0.2) is 134 Å². The number of imidazole rings is 2. The first-order chi connectivity index (χ1) is 27.1. The van der Waals surface area contributed by atoms with Crippen molar-refractivity contribution in [3.05, 3.63) is 178 Å². The van der Waals surface area contributed by atoms with Crippen LogP contribution in [0.2, 0.25) is 0 Å². The Bertz CT molecular complexity index is 2160. The maximum absolute atomic E-state index is 4.88. The Morgan fingerprint density at radius 1 is 0.393 bits per heavy atom. The molecule has 2 heterocycles. The highest BCUT2D eigenvalue weighted by molar-refractivity contribution is 5.64. The zero-order valence-corrected chi connectivity index (χ0v) is 34.6. The zero-order valence-electron chi connectivity index (χ0n) is 34.6. The second-order valence-electron chi connectivity index (χ2n) is 16.6. The zero-order chi connectivity index (χ0) is 39.3. The van der Waals surface area contributed by atoms with E-state index in [4.69, 9.17) is 9.97 Å². The Hall–Kier alpha value is -5.48. The van der Waals surface area contributed by atoms with Crippen molar-refractivity contribution < 1.29 is 0 Å². The maximum atomic E-state index is 4.88. The van der Waals surface area contributed by atoms with Gasteiger partial charge >= 0.3 is 0 Å². The molecule has 7 aromatic rings. The van der Waals surface area contributed by atoms with Crippen LogP contribution < -0.4 is 0 Å². The molecule has 0 saturated heterocycles. The summed E-state index contributed by atoms with van der Waals surface area (Å²) in [5, 5.41) is 0. The standard InChI is InChI=1S/C52H58N4/c1-35(2)45-17-11-18-46(36(3)4)49(45)55-31-29-53-51(55)43-15-9-13-41(33-43)27-25-39-21-23-40(24-22-39)26-28-42-14-10-16-44(34-42)52-54-30-32-56(52)50-47(37(5)6)19-12-20-48(50)38(7)8/h9-24,29-38H,25-28H2,1-8H3. The molecular formula is C52H58N4. The molecule has 56 heavy (non-hydrogen) atoms. The van der Waals surface area contributed by atoms with E-state index in [1.54, 1.807) is 0 Å². The molecule has 286 valence electrons. The molecule has 0 saturated carbocycles. The van der Waals surface area contributed by atoms with Crippen molar-refractivity contribution >= 4 is 0 Å². The molecule has 0 amide bonds. The van der Waals surface area contributed by atoms with Gasteiger partial charge in [0.15, 0.2) is 0 Å². The van der Waals surface area contributed by atoms with Gasteiger partial charge in [-0.3, -0.25) is 9.13 Å². The molecule has 0 fully saturated rings. The number of aryl methyl sites for hydroxylation is 4. The molecule has 7 rings (SSSR count). The molecule has 0 aliphatic heterocycles. The third kappa shape index (κ3) is 8.35. The number of rotatable bonds is 14. The summed E-state index contributed by atoms with van der Waals surface area (Å²) in [6.45, 7) is 18.2. The number of benzene rings is 5. The minimum Gasteiger partial charge on any atom is -0.299 e. The van der Waals surface area contributed by atoms with Crippen LogP contribution >= 0.6 is 0 Å². The van der Waals surface area contributed by atoms with E-state index in [0.29, 0.717) is 23.7 Å². The Morgan fingerprint density at radius 3 is 1.05 bits per heavy atom. The summed E-state index contributed by atoms with van der Waals surface area (Å²) in [6, 6.07) is 40.6. The van der Waals surface area contributed by atoms with Gasteiger partial charge in [0.2, 0.25) is 0 Å². The predicted molar refractivity (Wildman–Crippen MR) is 236 cm³/mol. The van der Waals surface area contributed by atoms with Crippen molar-refractivity contribution in [2.45, 2.75) is 105 Å². The lowest BCUT2D eigenvalue weighted by Gasteiger charge is -2.22. The average Bonchev–Trinajstić information content (AvgIpc) is 3.90. The van der Waals surface area contributed by atoms with Crippen LogP contribution in [-0.4, -0.2) is 19.1 Å². The Labute approximate surface area is 335 Å². The molecule has 4 heteroatoms. The highest BCUT2D eigenvalue weighted by Gasteiger charge is 2.20. The molecular weight excluding hydrogens is 681 g/mol. The van der Waals surface area contributed by atoms with E-state index < -0.39 is 0 Å². The van der Waals surface area contributed by atoms with Gasteiger partial charge < -0.3 is 0 Å². The van der Waals surface area contributed by atoms with Crippen molar-refractivity contribution in [1.29, 1.82) is 0 Å². The van der Waals surface area contributed by atoms with Crippen LogP contribution in [0.3, 0.4) is 0 Å². The van der Waals surface area contributed by atoms with E-state index in [1.807, 2.05) is 12.4 Å². The summed E-state index contributed by atoms with van der Waals surface area (Å²) in [4.78, 5) is 9.76. The first-order valence-corrected chi connectivity index (χ1v) is 20.7. The van der Waals surface area contributed by atoms with Gasteiger partial charge in [-0.15, -0.1) is 0 Å². The Balaban J connectivity index is 1.02. The molecule has 5 aromatic carbocycles. The Morgan fingerprint density at radius 2 is 0.714 bits per heavy atom. The fourth-order valence-electron chi connectivity index (χ4n) is 8.16. The lowest BCUT2D eigenvalue weighted by atomic mass is 9.92. The van der Waals surface area contributed by atoms with E-state index in [0.717, 1.165) is 48.5 Å². The minimum atomic E-state index is 0.418. The predicted octanol–water partition coefficient (Wildman–Crippen LogP) is 13.5. The summed E-state index contributed by atoms with van der Waals surface area (Å²) < 4.78 is 4.62. The lowest BCUT2D eigenvalue weighted by molar-refractivity contribution is 0.806. The van der Waals surface area contributed by atoms with Crippen LogP contribution in [0.1, 0.15) is 124 Å². The third-order valence-corrected chi connectivity index (χ3v) is 11.2. The first-order valence-electron chi connectivity index (χ1n) is 20.7. The molecule has 0 atom stereocenters. The molecule has 4 nitrogen and oxygen atoms in total. The van der Waals surface area contributed by atoms with E-state index in [9.17, 15) is 0 Å². The number of nitrogens with zero attached hydrogens (tertiary/aromatic N) is 4. The van der Waals surface area contributed by atoms with E-state index in [-0.39, 0.29) is 0 Å². The fraction of sp³-hybridized carbons (Fsp3) is 0.308. The normalized spacial score (nSPS) is 11.8. The largest absolute Gasteiger partial charge is 0.299 e. The van der Waals surface area contributed by atoms with Gasteiger partial charge in [-0.2, -0.15) is 0 Å². The minimum absolute atomic E-state index is 0.418. The first kappa shape index (κ1) is 38.8. The highest BCUT2D eigenvalue weighted by atomic mass is 15.1. The van der Waals surface area contributed by atoms with Gasteiger partial charge in [-0.25, -0.2) is 9.97 Å². The van der Waals surface area contributed by atoms with Gasteiger partial charge in [0, 0.05) is 35.9 Å². The van der Waals surface area contributed by atoms with Gasteiger partial charge in [0.05, 0.1) is 11.4 Å².